The largest absolute Gasteiger partial charge is 0.305 e. The molecule has 0 aromatic rings. The first-order valence-electron chi connectivity index (χ1n) is 3.54. The minimum atomic E-state index is 0.250. The fourth-order valence-corrected chi connectivity index (χ4v) is 2.25. The molecule has 0 radical (unpaired) electrons. The van der Waals surface area contributed by atoms with E-state index in [4.69, 9.17) is 0 Å². The number of carbonyl (C=O) groups excluding carboxylic acids is 1. The van der Waals surface area contributed by atoms with E-state index in [2.05, 4.69) is 11.9 Å². The normalized spacial score (nSPS) is 27.2. The van der Waals surface area contributed by atoms with Crippen LogP contribution in [0.4, 0.5) is 0 Å². The summed E-state index contributed by atoms with van der Waals surface area (Å²) in [6.45, 7) is 3.86. The van der Waals surface area contributed by atoms with Crippen LogP contribution in [-0.2, 0) is 4.79 Å². The summed E-state index contributed by atoms with van der Waals surface area (Å²) in [4.78, 5) is 12.9. The van der Waals surface area contributed by atoms with Crippen molar-refractivity contribution in [2.45, 2.75) is 18.6 Å². The summed E-state index contributed by atoms with van der Waals surface area (Å²) < 4.78 is 0. The first-order valence-corrected chi connectivity index (χ1v) is 4.42. The van der Waals surface area contributed by atoms with Crippen molar-refractivity contribution in [3.05, 3.63) is 0 Å². The Kier molecular flexibility index (Phi) is 2.74. The second-order valence-corrected chi connectivity index (χ2v) is 4.26. The fourth-order valence-electron chi connectivity index (χ4n) is 1.23. The summed E-state index contributed by atoms with van der Waals surface area (Å²) in [7, 11) is 2.10. The molecule has 0 spiro atoms. The molecule has 1 aliphatic rings. The summed E-state index contributed by atoms with van der Waals surface area (Å²) in [5, 5.41) is 0.808. The second-order valence-electron chi connectivity index (χ2n) is 2.78. The van der Waals surface area contributed by atoms with Gasteiger partial charge in [-0.3, -0.25) is 4.79 Å². The van der Waals surface area contributed by atoms with Crippen molar-refractivity contribution in [2.75, 3.05) is 20.1 Å². The molecule has 0 amide bonds. The predicted octanol–water partition coefficient (Wildman–Crippen LogP) is 0.970. The van der Waals surface area contributed by atoms with Crippen molar-refractivity contribution >= 4 is 16.9 Å². The molecule has 3 heteroatoms. The molecule has 0 saturated carbocycles. The van der Waals surface area contributed by atoms with E-state index in [-0.39, 0.29) is 5.12 Å². The van der Waals surface area contributed by atoms with E-state index in [0.717, 1.165) is 13.1 Å². The highest BCUT2D eigenvalue weighted by molar-refractivity contribution is 8.14. The number of hydrogen-bond acceptors (Lipinski definition) is 3. The molecule has 1 rings (SSSR count). The highest BCUT2D eigenvalue weighted by atomic mass is 32.2. The van der Waals surface area contributed by atoms with Gasteiger partial charge in [-0.15, -0.1) is 0 Å². The quantitative estimate of drug-likeness (QED) is 0.568. The summed E-state index contributed by atoms with van der Waals surface area (Å²) in [5.41, 5.74) is 0. The van der Waals surface area contributed by atoms with Crippen LogP contribution in [0.2, 0.25) is 0 Å². The zero-order valence-corrected chi connectivity index (χ0v) is 7.28. The molecule has 10 heavy (non-hydrogen) atoms. The Hall–Kier alpha value is -0.0200. The number of carbonyl (C=O) groups is 1. The molecular weight excluding hydrogens is 146 g/mol. The highest BCUT2D eigenvalue weighted by Gasteiger charge is 2.20. The molecule has 0 aliphatic carbocycles. The Balaban J connectivity index is 2.24. The smallest absolute Gasteiger partial charge is 0.186 e. The molecule has 58 valence electrons. The highest BCUT2D eigenvalue weighted by Crippen LogP contribution is 2.21. The van der Waals surface area contributed by atoms with E-state index in [9.17, 15) is 4.79 Å². The van der Waals surface area contributed by atoms with E-state index >= 15 is 0 Å². The van der Waals surface area contributed by atoms with Gasteiger partial charge in [0, 0.05) is 18.7 Å². The van der Waals surface area contributed by atoms with Crippen LogP contribution in [0.1, 0.15) is 13.3 Å². The third kappa shape index (κ3) is 2.31. The van der Waals surface area contributed by atoms with Crippen molar-refractivity contribution in [2.24, 2.45) is 0 Å². The molecule has 1 saturated heterocycles. The summed E-state index contributed by atoms with van der Waals surface area (Å²) >= 11 is 1.49. The van der Waals surface area contributed by atoms with Gasteiger partial charge in [-0.1, -0.05) is 11.8 Å². The number of thioether (sulfide) groups is 1. The maximum atomic E-state index is 10.7. The molecule has 0 unspecified atom stereocenters. The van der Waals surface area contributed by atoms with E-state index < -0.39 is 0 Å². The van der Waals surface area contributed by atoms with Crippen molar-refractivity contribution in [3.8, 4) is 0 Å². The van der Waals surface area contributed by atoms with Gasteiger partial charge >= 0.3 is 0 Å². The van der Waals surface area contributed by atoms with E-state index in [1.54, 1.807) is 6.92 Å². The third-order valence-corrected chi connectivity index (χ3v) is 2.73. The molecule has 0 aromatic heterocycles. The molecule has 1 heterocycles. The zero-order valence-electron chi connectivity index (χ0n) is 6.46. The van der Waals surface area contributed by atoms with Gasteiger partial charge in [-0.25, -0.2) is 0 Å². The lowest BCUT2D eigenvalue weighted by Gasteiger charge is -2.06. The Morgan fingerprint density at radius 3 is 2.80 bits per heavy atom. The fraction of sp³-hybridized carbons (Fsp3) is 0.857. The van der Waals surface area contributed by atoms with Gasteiger partial charge in [0.25, 0.3) is 0 Å². The maximum Gasteiger partial charge on any atom is 0.186 e. The first-order chi connectivity index (χ1) is 4.68. The van der Waals surface area contributed by atoms with Gasteiger partial charge in [-0.05, 0) is 20.0 Å². The minimum absolute atomic E-state index is 0.250. The minimum Gasteiger partial charge on any atom is -0.305 e. The summed E-state index contributed by atoms with van der Waals surface area (Å²) in [6, 6.07) is 0. The summed E-state index contributed by atoms with van der Waals surface area (Å²) in [5.74, 6) is 0. The van der Waals surface area contributed by atoms with Crippen LogP contribution in [0.3, 0.4) is 0 Å². The number of nitrogens with zero attached hydrogens (tertiary/aromatic N) is 1. The number of likely N-dealkylation sites (tertiary alicyclic amines) is 1. The SMILES string of the molecule is CC(=O)S[C@@H]1CCN(C)C1. The predicted molar refractivity (Wildman–Crippen MR) is 44.2 cm³/mol. The maximum absolute atomic E-state index is 10.7. The molecule has 2 nitrogen and oxygen atoms in total. The molecule has 0 bridgehead atoms. The van der Waals surface area contributed by atoms with Crippen molar-refractivity contribution < 1.29 is 4.79 Å². The van der Waals surface area contributed by atoms with E-state index in [0.29, 0.717) is 5.25 Å². The molecule has 0 aromatic carbocycles. The van der Waals surface area contributed by atoms with Crippen LogP contribution in [0.25, 0.3) is 0 Å². The third-order valence-electron chi connectivity index (χ3n) is 1.68. The van der Waals surface area contributed by atoms with Crippen LogP contribution in [0.5, 0.6) is 0 Å². The molecule has 1 atom stereocenters. The van der Waals surface area contributed by atoms with Crippen LogP contribution < -0.4 is 0 Å². The van der Waals surface area contributed by atoms with Crippen LogP contribution >= 0.6 is 11.8 Å². The van der Waals surface area contributed by atoms with Crippen molar-refractivity contribution in [3.63, 3.8) is 0 Å². The van der Waals surface area contributed by atoms with Crippen molar-refractivity contribution in [1.29, 1.82) is 0 Å². The standard InChI is InChI=1S/C7H13NOS/c1-6(9)10-7-3-4-8(2)5-7/h7H,3-5H2,1-2H3/t7-/m1/s1. The Morgan fingerprint density at radius 2 is 2.40 bits per heavy atom. The van der Waals surface area contributed by atoms with Crippen LogP contribution in [-0.4, -0.2) is 35.4 Å². The zero-order chi connectivity index (χ0) is 7.56. The second kappa shape index (κ2) is 3.39. The van der Waals surface area contributed by atoms with Gasteiger partial charge < -0.3 is 4.90 Å². The van der Waals surface area contributed by atoms with E-state index in [1.807, 2.05) is 0 Å². The molecule has 1 aliphatic heterocycles. The van der Waals surface area contributed by atoms with Gasteiger partial charge in [0.2, 0.25) is 0 Å². The Bertz CT molecular complexity index is 138. The first kappa shape index (κ1) is 8.08. The number of rotatable bonds is 1. The molecular formula is C7H13NOS. The van der Waals surface area contributed by atoms with Crippen LogP contribution in [0, 0.1) is 0 Å². The lowest BCUT2D eigenvalue weighted by atomic mass is 10.4. The van der Waals surface area contributed by atoms with Crippen molar-refractivity contribution in [1.82, 2.24) is 4.90 Å². The average molecular weight is 159 g/mol. The van der Waals surface area contributed by atoms with Gasteiger partial charge in [-0.2, -0.15) is 0 Å². The van der Waals surface area contributed by atoms with Gasteiger partial charge in [0.05, 0.1) is 0 Å². The van der Waals surface area contributed by atoms with Gasteiger partial charge in [0.1, 0.15) is 0 Å². The Morgan fingerprint density at radius 1 is 1.70 bits per heavy atom. The average Bonchev–Trinajstić information content (AvgIpc) is 2.13. The summed E-state index contributed by atoms with van der Waals surface area (Å²) in [6.07, 6.45) is 1.17. The molecule has 1 fully saturated rings. The van der Waals surface area contributed by atoms with Crippen LogP contribution in [0.15, 0.2) is 0 Å². The lowest BCUT2D eigenvalue weighted by molar-refractivity contribution is -0.109. The Labute approximate surface area is 66.0 Å². The van der Waals surface area contributed by atoms with E-state index in [1.165, 1.54) is 18.2 Å². The van der Waals surface area contributed by atoms with Gasteiger partial charge in [0.15, 0.2) is 5.12 Å². The lowest BCUT2D eigenvalue weighted by Crippen LogP contribution is -2.15. The molecule has 0 N–H and O–H groups in total. The monoisotopic (exact) mass is 159 g/mol. The topological polar surface area (TPSA) is 20.3 Å². The number of hydrogen-bond donors (Lipinski definition) is 0.